The van der Waals surface area contributed by atoms with Crippen molar-refractivity contribution in [3.8, 4) is 11.4 Å². The van der Waals surface area contributed by atoms with E-state index in [9.17, 15) is 4.79 Å². The number of nitrogens with zero attached hydrogens (tertiary/aromatic N) is 4. The van der Waals surface area contributed by atoms with Crippen LogP contribution in [0.4, 0.5) is 5.69 Å². The van der Waals surface area contributed by atoms with Gasteiger partial charge in [-0.3, -0.25) is 9.78 Å². The second kappa shape index (κ2) is 7.86. The minimum absolute atomic E-state index is 0.172. The first kappa shape index (κ1) is 17.7. The second-order valence-electron chi connectivity index (χ2n) is 5.07. The van der Waals surface area contributed by atoms with E-state index in [4.69, 9.17) is 23.2 Å². The molecule has 6 nitrogen and oxygen atoms in total. The highest BCUT2D eigenvalue weighted by Crippen LogP contribution is 2.26. The Balaban J connectivity index is 1.63. The van der Waals surface area contributed by atoms with Crippen LogP contribution in [0.3, 0.4) is 0 Å². The lowest BCUT2D eigenvalue weighted by Crippen LogP contribution is -2.14. The van der Waals surface area contributed by atoms with E-state index in [0.29, 0.717) is 26.7 Å². The van der Waals surface area contributed by atoms with E-state index in [0.717, 1.165) is 5.56 Å². The highest BCUT2D eigenvalue weighted by Gasteiger charge is 2.13. The summed E-state index contributed by atoms with van der Waals surface area (Å²) in [4.78, 5) is 16.2. The zero-order chi connectivity index (χ0) is 17.8. The predicted molar refractivity (Wildman–Crippen MR) is 100 cm³/mol. The van der Waals surface area contributed by atoms with Crippen LogP contribution in [0.15, 0.2) is 47.9 Å². The van der Waals surface area contributed by atoms with Gasteiger partial charge in [0.2, 0.25) is 5.91 Å². The van der Waals surface area contributed by atoms with Crippen molar-refractivity contribution in [3.63, 3.8) is 0 Å². The molecule has 0 aliphatic heterocycles. The van der Waals surface area contributed by atoms with Gasteiger partial charge in [-0.2, -0.15) is 0 Å². The van der Waals surface area contributed by atoms with Gasteiger partial charge in [0.05, 0.1) is 15.8 Å². The van der Waals surface area contributed by atoms with E-state index in [1.165, 1.54) is 11.8 Å². The number of aromatic nitrogens is 4. The number of thioether (sulfide) groups is 1. The molecule has 0 radical (unpaired) electrons. The number of carbonyl (C=O) groups excluding carboxylic acids is 1. The van der Waals surface area contributed by atoms with E-state index < -0.39 is 0 Å². The first-order valence-corrected chi connectivity index (χ1v) is 8.96. The number of hydrogen-bond acceptors (Lipinski definition) is 5. The number of rotatable bonds is 5. The van der Waals surface area contributed by atoms with Crippen LogP contribution in [0.2, 0.25) is 10.0 Å². The predicted octanol–water partition coefficient (Wildman–Crippen LogP) is 3.91. The molecule has 0 aliphatic carbocycles. The van der Waals surface area contributed by atoms with E-state index in [2.05, 4.69) is 20.5 Å². The average molecular weight is 394 g/mol. The normalized spacial score (nSPS) is 10.7. The molecule has 2 aromatic heterocycles. The monoisotopic (exact) mass is 393 g/mol. The lowest BCUT2D eigenvalue weighted by atomic mass is 10.3. The van der Waals surface area contributed by atoms with Crippen LogP contribution in [0.25, 0.3) is 11.4 Å². The molecular formula is C16H13Cl2N5OS. The van der Waals surface area contributed by atoms with Crippen molar-refractivity contribution in [2.75, 3.05) is 11.1 Å². The molecule has 3 aromatic rings. The molecule has 3 rings (SSSR count). The second-order valence-corrected chi connectivity index (χ2v) is 6.83. The average Bonchev–Trinajstić information content (AvgIpc) is 2.98. The number of hydrogen-bond donors (Lipinski definition) is 1. The molecule has 0 spiro atoms. The van der Waals surface area contributed by atoms with Crippen LogP contribution in [-0.2, 0) is 11.8 Å². The van der Waals surface area contributed by atoms with Crippen molar-refractivity contribution in [2.45, 2.75) is 5.16 Å². The molecule has 2 heterocycles. The molecule has 25 heavy (non-hydrogen) atoms. The molecule has 0 unspecified atom stereocenters. The van der Waals surface area contributed by atoms with Gasteiger partial charge in [-0.15, -0.1) is 10.2 Å². The largest absolute Gasteiger partial charge is 0.325 e. The minimum Gasteiger partial charge on any atom is -0.325 e. The van der Waals surface area contributed by atoms with E-state index in [1.807, 2.05) is 23.7 Å². The van der Waals surface area contributed by atoms with E-state index >= 15 is 0 Å². The lowest BCUT2D eigenvalue weighted by Gasteiger charge is -2.06. The van der Waals surface area contributed by atoms with Gasteiger partial charge in [0, 0.05) is 30.7 Å². The highest BCUT2D eigenvalue weighted by atomic mass is 35.5. The topological polar surface area (TPSA) is 72.7 Å². The van der Waals surface area contributed by atoms with Crippen molar-refractivity contribution < 1.29 is 4.79 Å². The molecule has 0 bridgehead atoms. The van der Waals surface area contributed by atoms with Crippen LogP contribution in [0.5, 0.6) is 0 Å². The zero-order valence-electron chi connectivity index (χ0n) is 13.1. The van der Waals surface area contributed by atoms with Crippen LogP contribution >= 0.6 is 35.0 Å². The van der Waals surface area contributed by atoms with Gasteiger partial charge in [-0.05, 0) is 30.3 Å². The SMILES string of the molecule is Cn1c(SCC(=O)Nc2ccc(Cl)c(Cl)c2)nnc1-c1cccnc1. The number of carbonyl (C=O) groups is 1. The molecule has 1 aromatic carbocycles. The van der Waals surface area contributed by atoms with Crippen LogP contribution < -0.4 is 5.32 Å². The summed E-state index contributed by atoms with van der Waals surface area (Å²) in [6, 6.07) is 8.67. The van der Waals surface area contributed by atoms with Crippen molar-refractivity contribution in [1.29, 1.82) is 0 Å². The van der Waals surface area contributed by atoms with Gasteiger partial charge in [-0.1, -0.05) is 35.0 Å². The molecule has 9 heteroatoms. The maximum atomic E-state index is 12.1. The number of amides is 1. The molecule has 0 aliphatic rings. The minimum atomic E-state index is -0.172. The quantitative estimate of drug-likeness (QED) is 0.665. The molecule has 0 saturated heterocycles. The maximum Gasteiger partial charge on any atom is 0.234 e. The summed E-state index contributed by atoms with van der Waals surface area (Å²) in [5.74, 6) is 0.717. The Morgan fingerprint density at radius 2 is 2.08 bits per heavy atom. The zero-order valence-corrected chi connectivity index (χ0v) is 15.4. The summed E-state index contributed by atoms with van der Waals surface area (Å²) < 4.78 is 1.83. The van der Waals surface area contributed by atoms with Crippen molar-refractivity contribution in [2.24, 2.45) is 7.05 Å². The fourth-order valence-corrected chi connectivity index (χ4v) is 3.10. The molecule has 0 saturated carbocycles. The summed E-state index contributed by atoms with van der Waals surface area (Å²) in [5, 5.41) is 12.5. The van der Waals surface area contributed by atoms with Gasteiger partial charge >= 0.3 is 0 Å². The Morgan fingerprint density at radius 3 is 2.80 bits per heavy atom. The van der Waals surface area contributed by atoms with E-state index in [-0.39, 0.29) is 11.7 Å². The lowest BCUT2D eigenvalue weighted by molar-refractivity contribution is -0.113. The van der Waals surface area contributed by atoms with Gasteiger partial charge in [-0.25, -0.2) is 0 Å². The number of benzene rings is 1. The number of anilines is 1. The maximum absolute atomic E-state index is 12.1. The molecule has 128 valence electrons. The third-order valence-electron chi connectivity index (χ3n) is 3.29. The third-order valence-corrected chi connectivity index (χ3v) is 5.05. The number of pyridine rings is 1. The van der Waals surface area contributed by atoms with Crippen LogP contribution in [-0.4, -0.2) is 31.4 Å². The smallest absolute Gasteiger partial charge is 0.234 e. The summed E-state index contributed by atoms with van der Waals surface area (Å²) >= 11 is 13.1. The fourth-order valence-electron chi connectivity index (χ4n) is 2.09. The molecule has 1 N–H and O–H groups in total. The first-order valence-electron chi connectivity index (χ1n) is 7.22. The Kier molecular flexibility index (Phi) is 5.57. The Bertz CT molecular complexity index is 901. The van der Waals surface area contributed by atoms with Crippen molar-refractivity contribution in [3.05, 3.63) is 52.8 Å². The highest BCUT2D eigenvalue weighted by molar-refractivity contribution is 7.99. The van der Waals surface area contributed by atoms with Gasteiger partial charge < -0.3 is 9.88 Å². The summed E-state index contributed by atoms with van der Waals surface area (Å²) in [6.07, 6.45) is 3.42. The number of halogens is 2. The van der Waals surface area contributed by atoms with E-state index in [1.54, 1.807) is 30.6 Å². The van der Waals surface area contributed by atoms with Crippen molar-refractivity contribution in [1.82, 2.24) is 19.7 Å². The van der Waals surface area contributed by atoms with Crippen LogP contribution in [0, 0.1) is 0 Å². The summed E-state index contributed by atoms with van der Waals surface area (Å²) in [5.41, 5.74) is 1.46. The summed E-state index contributed by atoms with van der Waals surface area (Å²) in [7, 11) is 1.85. The van der Waals surface area contributed by atoms with Gasteiger partial charge in [0.25, 0.3) is 0 Å². The fraction of sp³-hybridized carbons (Fsp3) is 0.125. The van der Waals surface area contributed by atoms with Crippen molar-refractivity contribution >= 4 is 46.6 Å². The molecular weight excluding hydrogens is 381 g/mol. The standard InChI is InChI=1S/C16H13Cl2N5OS/c1-23-15(10-3-2-6-19-8-10)21-22-16(23)25-9-14(24)20-11-4-5-12(17)13(18)7-11/h2-8H,9H2,1H3,(H,20,24). The van der Waals surface area contributed by atoms with Gasteiger partial charge in [0.15, 0.2) is 11.0 Å². The molecule has 1 amide bonds. The summed E-state index contributed by atoms with van der Waals surface area (Å²) in [6.45, 7) is 0. The molecule has 0 atom stereocenters. The Hall–Kier alpha value is -2.09. The Morgan fingerprint density at radius 1 is 1.24 bits per heavy atom. The third kappa shape index (κ3) is 4.31. The van der Waals surface area contributed by atoms with Crippen LogP contribution in [0.1, 0.15) is 0 Å². The first-order chi connectivity index (χ1) is 12.0. The Labute approximate surface area is 158 Å². The van der Waals surface area contributed by atoms with Gasteiger partial charge in [0.1, 0.15) is 0 Å². The molecule has 0 fully saturated rings. The number of nitrogens with one attached hydrogen (secondary N) is 1.